The summed E-state index contributed by atoms with van der Waals surface area (Å²) in [5, 5.41) is 2.95. The van der Waals surface area contributed by atoms with E-state index in [2.05, 4.69) is 5.32 Å². The van der Waals surface area contributed by atoms with Crippen LogP contribution in [0.25, 0.3) is 0 Å². The lowest BCUT2D eigenvalue weighted by molar-refractivity contribution is -0.120. The van der Waals surface area contributed by atoms with Gasteiger partial charge in [-0.05, 0) is 44.0 Å². The van der Waals surface area contributed by atoms with Gasteiger partial charge in [0.25, 0.3) is 0 Å². The molecular formula is C19H25ClN2O2. The quantitative estimate of drug-likeness (QED) is 0.754. The van der Waals surface area contributed by atoms with Gasteiger partial charge in [0, 0.05) is 17.8 Å². The highest BCUT2D eigenvalue weighted by Gasteiger charge is 2.09. The first-order valence-electron chi connectivity index (χ1n) is 7.90. The van der Waals surface area contributed by atoms with Gasteiger partial charge in [-0.1, -0.05) is 30.3 Å². The second kappa shape index (κ2) is 9.83. The first-order chi connectivity index (χ1) is 11.0. The Balaban J connectivity index is 0.00000288. The Morgan fingerprint density at radius 3 is 2.46 bits per heavy atom. The largest absolute Gasteiger partial charge is 0.491 e. The standard InChI is InChI=1S/C19H24N2O2.ClH/c1-14(2)23-18-6-4-3-5-16(18)13-19(22)21-12-11-15-7-9-17(20)10-8-15;/h3-10,14H,11-13,20H2,1-2H3,(H,21,22);1H. The van der Waals surface area contributed by atoms with Crippen molar-refractivity contribution in [2.45, 2.75) is 32.8 Å². The van der Waals surface area contributed by atoms with E-state index in [1.54, 1.807) is 0 Å². The molecule has 3 N–H and O–H groups in total. The second-order valence-corrected chi connectivity index (χ2v) is 5.79. The number of hydrogen-bond acceptors (Lipinski definition) is 3. The van der Waals surface area contributed by atoms with Crippen LogP contribution in [0.15, 0.2) is 48.5 Å². The molecule has 24 heavy (non-hydrogen) atoms. The minimum Gasteiger partial charge on any atom is -0.491 e. The van der Waals surface area contributed by atoms with E-state index in [0.29, 0.717) is 13.0 Å². The second-order valence-electron chi connectivity index (χ2n) is 5.79. The summed E-state index contributed by atoms with van der Waals surface area (Å²) in [6.07, 6.45) is 1.20. The Morgan fingerprint density at radius 2 is 1.79 bits per heavy atom. The molecule has 0 fully saturated rings. The molecule has 0 aromatic heterocycles. The van der Waals surface area contributed by atoms with Crippen molar-refractivity contribution in [1.82, 2.24) is 5.32 Å². The zero-order valence-electron chi connectivity index (χ0n) is 14.1. The number of anilines is 1. The van der Waals surface area contributed by atoms with Crippen molar-refractivity contribution >= 4 is 24.0 Å². The third-order valence-electron chi connectivity index (χ3n) is 3.40. The highest BCUT2D eigenvalue weighted by molar-refractivity contribution is 5.85. The Morgan fingerprint density at radius 1 is 1.12 bits per heavy atom. The highest BCUT2D eigenvalue weighted by Crippen LogP contribution is 2.19. The SMILES string of the molecule is CC(C)Oc1ccccc1CC(=O)NCCc1ccc(N)cc1.Cl. The van der Waals surface area contributed by atoms with Gasteiger partial charge < -0.3 is 15.8 Å². The predicted molar refractivity (Wildman–Crippen MR) is 101 cm³/mol. The van der Waals surface area contributed by atoms with Crippen LogP contribution in [-0.4, -0.2) is 18.6 Å². The van der Waals surface area contributed by atoms with E-state index in [1.807, 2.05) is 62.4 Å². The summed E-state index contributed by atoms with van der Waals surface area (Å²) in [5.74, 6) is 0.774. The Bertz CT molecular complexity index is 642. The number of nitrogens with two attached hydrogens (primary N) is 1. The van der Waals surface area contributed by atoms with Crippen LogP contribution in [0.5, 0.6) is 5.75 Å². The van der Waals surface area contributed by atoms with Gasteiger partial charge in [-0.2, -0.15) is 0 Å². The number of carbonyl (C=O) groups excluding carboxylic acids is 1. The maximum atomic E-state index is 12.1. The van der Waals surface area contributed by atoms with Crippen molar-refractivity contribution in [3.8, 4) is 5.75 Å². The summed E-state index contributed by atoms with van der Waals surface area (Å²) in [6, 6.07) is 15.4. The summed E-state index contributed by atoms with van der Waals surface area (Å²) in [7, 11) is 0. The minimum absolute atomic E-state index is 0. The molecular weight excluding hydrogens is 324 g/mol. The maximum absolute atomic E-state index is 12.1. The van der Waals surface area contributed by atoms with E-state index in [9.17, 15) is 4.79 Å². The molecule has 130 valence electrons. The van der Waals surface area contributed by atoms with E-state index in [0.717, 1.165) is 29.0 Å². The molecule has 0 saturated heterocycles. The van der Waals surface area contributed by atoms with Crippen molar-refractivity contribution in [1.29, 1.82) is 0 Å². The molecule has 0 aliphatic heterocycles. The van der Waals surface area contributed by atoms with Gasteiger partial charge in [-0.15, -0.1) is 12.4 Å². The highest BCUT2D eigenvalue weighted by atomic mass is 35.5. The van der Waals surface area contributed by atoms with Crippen LogP contribution in [0.1, 0.15) is 25.0 Å². The lowest BCUT2D eigenvalue weighted by atomic mass is 10.1. The third kappa shape index (κ3) is 6.50. The molecule has 0 radical (unpaired) electrons. The van der Waals surface area contributed by atoms with Crippen molar-refractivity contribution < 1.29 is 9.53 Å². The van der Waals surface area contributed by atoms with E-state index in [-0.39, 0.29) is 24.4 Å². The van der Waals surface area contributed by atoms with Crippen LogP contribution < -0.4 is 15.8 Å². The zero-order chi connectivity index (χ0) is 16.7. The molecule has 0 atom stereocenters. The fraction of sp³-hybridized carbons (Fsp3) is 0.316. The fourth-order valence-electron chi connectivity index (χ4n) is 2.28. The molecule has 0 unspecified atom stereocenters. The van der Waals surface area contributed by atoms with E-state index < -0.39 is 0 Å². The molecule has 1 amide bonds. The summed E-state index contributed by atoms with van der Waals surface area (Å²) in [5.41, 5.74) is 8.47. The number of rotatable bonds is 7. The number of para-hydroxylation sites is 1. The van der Waals surface area contributed by atoms with Crippen molar-refractivity contribution in [3.05, 3.63) is 59.7 Å². The van der Waals surface area contributed by atoms with Crippen molar-refractivity contribution in [2.75, 3.05) is 12.3 Å². The Hall–Kier alpha value is -2.20. The number of ether oxygens (including phenoxy) is 1. The number of carbonyl (C=O) groups is 1. The van der Waals surface area contributed by atoms with Gasteiger partial charge in [0.15, 0.2) is 0 Å². The number of benzene rings is 2. The predicted octanol–water partition coefficient (Wildman–Crippen LogP) is 3.38. The van der Waals surface area contributed by atoms with Gasteiger partial charge in [-0.3, -0.25) is 4.79 Å². The average Bonchev–Trinajstić information content (AvgIpc) is 2.51. The molecule has 2 rings (SSSR count). The smallest absolute Gasteiger partial charge is 0.224 e. The molecule has 4 nitrogen and oxygen atoms in total. The molecule has 0 bridgehead atoms. The number of hydrogen-bond donors (Lipinski definition) is 2. The van der Waals surface area contributed by atoms with Gasteiger partial charge in [-0.25, -0.2) is 0 Å². The van der Waals surface area contributed by atoms with Crippen molar-refractivity contribution in [3.63, 3.8) is 0 Å². The minimum atomic E-state index is 0. The molecule has 0 spiro atoms. The van der Waals surface area contributed by atoms with Crippen LogP contribution in [0.4, 0.5) is 5.69 Å². The van der Waals surface area contributed by atoms with Crippen LogP contribution in [0.2, 0.25) is 0 Å². The topological polar surface area (TPSA) is 64.3 Å². The van der Waals surface area contributed by atoms with Crippen LogP contribution >= 0.6 is 12.4 Å². The summed E-state index contributed by atoms with van der Waals surface area (Å²) >= 11 is 0. The van der Waals surface area contributed by atoms with E-state index in [4.69, 9.17) is 10.5 Å². The molecule has 0 saturated carbocycles. The lowest BCUT2D eigenvalue weighted by Gasteiger charge is -2.14. The lowest BCUT2D eigenvalue weighted by Crippen LogP contribution is -2.27. The summed E-state index contributed by atoms with van der Waals surface area (Å²) in [6.45, 7) is 4.56. The zero-order valence-corrected chi connectivity index (χ0v) is 14.9. The maximum Gasteiger partial charge on any atom is 0.224 e. The monoisotopic (exact) mass is 348 g/mol. The Kier molecular flexibility index (Phi) is 8.13. The fourth-order valence-corrected chi connectivity index (χ4v) is 2.28. The normalized spacial score (nSPS) is 10.1. The molecule has 2 aromatic rings. The molecule has 0 aliphatic rings. The molecule has 2 aromatic carbocycles. The number of nitrogen functional groups attached to an aromatic ring is 1. The third-order valence-corrected chi connectivity index (χ3v) is 3.40. The van der Waals surface area contributed by atoms with Crippen LogP contribution in [0, 0.1) is 0 Å². The Labute approximate surface area is 149 Å². The summed E-state index contributed by atoms with van der Waals surface area (Å²) in [4.78, 5) is 12.1. The van der Waals surface area contributed by atoms with E-state index >= 15 is 0 Å². The van der Waals surface area contributed by atoms with E-state index in [1.165, 1.54) is 0 Å². The van der Waals surface area contributed by atoms with Crippen LogP contribution in [-0.2, 0) is 17.6 Å². The summed E-state index contributed by atoms with van der Waals surface area (Å²) < 4.78 is 5.74. The average molecular weight is 349 g/mol. The van der Waals surface area contributed by atoms with Crippen molar-refractivity contribution in [2.24, 2.45) is 0 Å². The molecule has 0 aliphatic carbocycles. The van der Waals surface area contributed by atoms with Gasteiger partial charge >= 0.3 is 0 Å². The molecule has 5 heteroatoms. The van der Waals surface area contributed by atoms with Gasteiger partial charge in [0.1, 0.15) is 5.75 Å². The number of amides is 1. The first kappa shape index (κ1) is 19.8. The van der Waals surface area contributed by atoms with Gasteiger partial charge in [0.2, 0.25) is 5.91 Å². The first-order valence-corrected chi connectivity index (χ1v) is 7.90. The van der Waals surface area contributed by atoms with Gasteiger partial charge in [0.05, 0.1) is 12.5 Å². The number of nitrogens with one attached hydrogen (secondary N) is 1. The number of halogens is 1. The molecule has 0 heterocycles. The van der Waals surface area contributed by atoms with Crippen LogP contribution in [0.3, 0.4) is 0 Å².